The molecule has 4 aromatic rings. The fourth-order valence-electron chi connectivity index (χ4n) is 4.45. The van der Waals surface area contributed by atoms with Gasteiger partial charge in [-0.3, -0.25) is 9.78 Å². The van der Waals surface area contributed by atoms with Gasteiger partial charge in [-0.2, -0.15) is 0 Å². The van der Waals surface area contributed by atoms with Crippen LogP contribution in [-0.4, -0.2) is 27.4 Å². The molecule has 1 aliphatic rings. The molecule has 1 saturated heterocycles. The van der Waals surface area contributed by atoms with E-state index in [2.05, 4.69) is 15.6 Å². The van der Waals surface area contributed by atoms with Crippen molar-refractivity contribution in [2.75, 3.05) is 11.9 Å². The van der Waals surface area contributed by atoms with Crippen molar-refractivity contribution in [3.05, 3.63) is 106 Å². The Morgan fingerprint density at radius 3 is 2.68 bits per heavy atom. The van der Waals surface area contributed by atoms with Gasteiger partial charge in [-0.25, -0.2) is 0 Å². The number of benzene rings is 2. The second kappa shape index (κ2) is 10.9. The van der Waals surface area contributed by atoms with Gasteiger partial charge < -0.3 is 20.0 Å². The van der Waals surface area contributed by atoms with E-state index in [1.807, 2.05) is 78.6 Å². The number of rotatable bonds is 7. The third-order valence-electron chi connectivity index (χ3n) is 6.33. The fourth-order valence-corrected chi connectivity index (χ4v) is 5.18. The van der Waals surface area contributed by atoms with Crippen molar-refractivity contribution in [2.45, 2.75) is 25.4 Å². The Morgan fingerprint density at radius 1 is 1.08 bits per heavy atom. The van der Waals surface area contributed by atoms with Crippen LogP contribution in [-0.2, 0) is 4.79 Å². The average Bonchev–Trinajstić information content (AvgIpc) is 3.51. The first-order valence-electron chi connectivity index (χ1n) is 11.8. The number of thiocarbonyl (C=S) groups is 1. The van der Waals surface area contributed by atoms with Gasteiger partial charge in [0.1, 0.15) is 17.6 Å². The van der Waals surface area contributed by atoms with Crippen LogP contribution in [0, 0.1) is 6.92 Å². The minimum atomic E-state index is -0.319. The fraction of sp³-hybridized carbons (Fsp3) is 0.179. The largest absolute Gasteiger partial charge is 0.459 e. The highest BCUT2D eigenvalue weighted by Gasteiger charge is 2.41. The molecule has 6 nitrogen and oxygen atoms in total. The number of furan rings is 1. The van der Waals surface area contributed by atoms with Crippen LogP contribution in [0.1, 0.15) is 35.5 Å². The van der Waals surface area contributed by atoms with Gasteiger partial charge in [0.05, 0.1) is 21.8 Å². The van der Waals surface area contributed by atoms with Crippen LogP contribution >= 0.6 is 35.4 Å². The van der Waals surface area contributed by atoms with Gasteiger partial charge >= 0.3 is 0 Å². The van der Waals surface area contributed by atoms with Gasteiger partial charge in [-0.1, -0.05) is 53.5 Å². The number of halogens is 2. The van der Waals surface area contributed by atoms with Crippen LogP contribution in [0.4, 0.5) is 5.69 Å². The topological polar surface area (TPSA) is 70.4 Å². The zero-order valence-electron chi connectivity index (χ0n) is 19.9. The highest BCUT2D eigenvalue weighted by atomic mass is 35.5. The quantitative estimate of drug-likeness (QED) is 0.242. The van der Waals surface area contributed by atoms with Gasteiger partial charge in [0.25, 0.3) is 0 Å². The summed E-state index contributed by atoms with van der Waals surface area (Å²) in [6, 6.07) is 22.0. The first kappa shape index (κ1) is 25.3. The molecule has 3 heterocycles. The summed E-state index contributed by atoms with van der Waals surface area (Å²) in [6.07, 6.45) is 1.99. The number of carbonyl (C=O) groups excluding carboxylic acids is 1. The van der Waals surface area contributed by atoms with Crippen LogP contribution in [0.15, 0.2) is 83.4 Å². The van der Waals surface area contributed by atoms with Crippen molar-refractivity contribution in [3.63, 3.8) is 0 Å². The smallest absolute Gasteiger partial charge is 0.226 e. The molecule has 37 heavy (non-hydrogen) atoms. The van der Waals surface area contributed by atoms with Crippen LogP contribution in [0.5, 0.6) is 0 Å². The summed E-state index contributed by atoms with van der Waals surface area (Å²) in [5, 5.41) is 7.78. The summed E-state index contributed by atoms with van der Waals surface area (Å²) in [4.78, 5) is 19.3. The van der Waals surface area contributed by atoms with E-state index in [1.165, 1.54) is 0 Å². The number of nitrogens with zero attached hydrogens (tertiary/aromatic N) is 2. The lowest BCUT2D eigenvalue weighted by Gasteiger charge is -2.26. The van der Waals surface area contributed by atoms with E-state index >= 15 is 0 Å². The van der Waals surface area contributed by atoms with E-state index in [0.29, 0.717) is 38.8 Å². The normalized spacial score (nSPS) is 17.1. The lowest BCUT2D eigenvalue weighted by Crippen LogP contribution is -2.32. The zero-order valence-corrected chi connectivity index (χ0v) is 22.3. The van der Waals surface area contributed by atoms with E-state index in [-0.39, 0.29) is 24.4 Å². The maximum Gasteiger partial charge on any atom is 0.226 e. The van der Waals surface area contributed by atoms with Crippen molar-refractivity contribution in [1.29, 1.82) is 0 Å². The number of hydrogen-bond acceptors (Lipinski definition) is 4. The van der Waals surface area contributed by atoms with Crippen LogP contribution in [0.2, 0.25) is 10.0 Å². The van der Waals surface area contributed by atoms with E-state index in [1.54, 1.807) is 12.3 Å². The number of para-hydroxylation sites is 1. The summed E-state index contributed by atoms with van der Waals surface area (Å²) >= 11 is 18.4. The van der Waals surface area contributed by atoms with Gasteiger partial charge in [-0.15, -0.1) is 0 Å². The lowest BCUT2D eigenvalue weighted by atomic mass is 10.0. The molecule has 1 fully saturated rings. The minimum absolute atomic E-state index is 0.0945. The Labute approximate surface area is 230 Å². The molecule has 0 bridgehead atoms. The monoisotopic (exact) mass is 550 g/mol. The van der Waals surface area contributed by atoms with Gasteiger partial charge in [0, 0.05) is 30.4 Å². The van der Waals surface area contributed by atoms with Gasteiger partial charge in [0.15, 0.2) is 5.11 Å². The molecule has 9 heteroatoms. The van der Waals surface area contributed by atoms with Gasteiger partial charge in [-0.05, 0) is 67.2 Å². The highest BCUT2D eigenvalue weighted by Crippen LogP contribution is 2.42. The number of nitrogens with one attached hydrogen (secondary N) is 2. The number of anilines is 1. The van der Waals surface area contributed by atoms with E-state index < -0.39 is 0 Å². The molecule has 0 saturated carbocycles. The maximum atomic E-state index is 12.8. The maximum absolute atomic E-state index is 12.8. The Kier molecular flexibility index (Phi) is 7.46. The molecule has 188 valence electrons. The second-order valence-corrected chi connectivity index (χ2v) is 9.91. The molecular weight excluding hydrogens is 527 g/mol. The number of hydrogen-bond donors (Lipinski definition) is 2. The first-order chi connectivity index (χ1) is 17.9. The predicted molar refractivity (Wildman–Crippen MR) is 151 cm³/mol. The molecule has 0 aliphatic carbocycles. The third-order valence-corrected chi connectivity index (χ3v) is 7.50. The molecule has 5 rings (SSSR count). The number of carbonyl (C=O) groups is 1. The summed E-state index contributed by atoms with van der Waals surface area (Å²) in [5.74, 6) is 1.17. The molecule has 2 N–H and O–H groups in total. The summed E-state index contributed by atoms with van der Waals surface area (Å²) in [6.45, 7) is 2.36. The van der Waals surface area contributed by atoms with E-state index in [4.69, 9.17) is 39.8 Å². The SMILES string of the molecule is Cc1ccccc1NC(=O)CCN1C(=S)N[C@@H](c2ccccn2)[C@H]1c1ccc(-c2cccc(Cl)c2Cl)o1. The van der Waals surface area contributed by atoms with Gasteiger partial charge in [0.2, 0.25) is 5.91 Å². The highest BCUT2D eigenvalue weighted by molar-refractivity contribution is 7.80. The molecule has 0 unspecified atom stereocenters. The van der Waals surface area contributed by atoms with Crippen molar-refractivity contribution in [3.8, 4) is 11.3 Å². The molecule has 1 amide bonds. The van der Waals surface area contributed by atoms with E-state index in [0.717, 1.165) is 16.9 Å². The number of aryl methyl sites for hydroxylation is 1. The lowest BCUT2D eigenvalue weighted by molar-refractivity contribution is -0.116. The van der Waals surface area contributed by atoms with Crippen molar-refractivity contribution in [1.82, 2.24) is 15.2 Å². The van der Waals surface area contributed by atoms with E-state index in [9.17, 15) is 4.79 Å². The Morgan fingerprint density at radius 2 is 1.89 bits per heavy atom. The Bertz CT molecular complexity index is 1440. The minimum Gasteiger partial charge on any atom is -0.459 e. The average molecular weight is 551 g/mol. The molecule has 2 atom stereocenters. The second-order valence-electron chi connectivity index (χ2n) is 8.74. The summed E-state index contributed by atoms with van der Waals surface area (Å²) < 4.78 is 6.33. The predicted octanol–water partition coefficient (Wildman–Crippen LogP) is 6.96. The van der Waals surface area contributed by atoms with Crippen molar-refractivity contribution < 1.29 is 9.21 Å². The summed E-state index contributed by atoms with van der Waals surface area (Å²) in [5.41, 5.74) is 3.32. The molecule has 2 aromatic carbocycles. The molecular formula is C28H24Cl2N4O2S. The van der Waals surface area contributed by atoms with Crippen LogP contribution in [0.25, 0.3) is 11.3 Å². The molecule has 0 spiro atoms. The van der Waals surface area contributed by atoms with Crippen molar-refractivity contribution >= 4 is 52.1 Å². The standard InChI is InChI=1S/C28H24Cl2N4O2S/c1-17-7-2-3-10-20(17)32-24(35)14-16-34-27(26(33-28(34)37)21-11-4-5-15-31-21)23-13-12-22(36-23)18-8-6-9-19(29)25(18)30/h2-13,15,26-27H,14,16H2,1H3,(H,32,35)(H,33,37)/t26-,27+/m0/s1. The van der Waals surface area contributed by atoms with Crippen LogP contribution in [0.3, 0.4) is 0 Å². The first-order valence-corrected chi connectivity index (χ1v) is 13.0. The molecule has 0 radical (unpaired) electrons. The van der Waals surface area contributed by atoms with Crippen molar-refractivity contribution in [2.24, 2.45) is 0 Å². The Hall–Kier alpha value is -3.39. The Balaban J connectivity index is 1.42. The zero-order chi connectivity index (χ0) is 25.9. The molecule has 2 aromatic heterocycles. The van der Waals surface area contributed by atoms with Crippen LogP contribution < -0.4 is 10.6 Å². The number of amides is 1. The number of aromatic nitrogens is 1. The third kappa shape index (κ3) is 5.34. The number of pyridine rings is 1. The summed E-state index contributed by atoms with van der Waals surface area (Å²) in [7, 11) is 0. The molecule has 1 aliphatic heterocycles.